The largest absolute Gasteiger partial charge is 0.249 e. The maximum Gasteiger partial charge on any atom is 0.109 e. The van der Waals surface area contributed by atoms with Crippen LogP contribution in [0.2, 0.25) is 0 Å². The van der Waals surface area contributed by atoms with Crippen molar-refractivity contribution in [2.24, 2.45) is 11.3 Å². The highest BCUT2D eigenvalue weighted by atomic mass is 79.9. The standard InChI is InChI=1S/C11H14BrN/c1-8-6-11(8,2)7-9-4-3-5-13-10(9)12/h3-5,8H,6-7H2,1-2H3. The molecule has 0 spiro atoms. The molecule has 2 heteroatoms. The monoisotopic (exact) mass is 239 g/mol. The van der Waals surface area contributed by atoms with Crippen LogP contribution >= 0.6 is 15.9 Å². The van der Waals surface area contributed by atoms with Crippen molar-refractivity contribution in [2.45, 2.75) is 26.7 Å². The lowest BCUT2D eigenvalue weighted by molar-refractivity contribution is 0.516. The molecule has 70 valence electrons. The first-order valence-electron chi connectivity index (χ1n) is 4.71. The van der Waals surface area contributed by atoms with Gasteiger partial charge in [-0.05, 0) is 51.7 Å². The first-order chi connectivity index (χ1) is 6.12. The van der Waals surface area contributed by atoms with Crippen LogP contribution in [-0.4, -0.2) is 4.98 Å². The fourth-order valence-corrected chi connectivity index (χ4v) is 2.26. The van der Waals surface area contributed by atoms with Crippen LogP contribution in [0.1, 0.15) is 25.8 Å². The quantitative estimate of drug-likeness (QED) is 0.721. The second-order valence-electron chi connectivity index (χ2n) is 4.39. The molecule has 0 aliphatic heterocycles. The summed E-state index contributed by atoms with van der Waals surface area (Å²) in [5, 5.41) is 0. The molecule has 0 radical (unpaired) electrons. The van der Waals surface area contributed by atoms with E-state index in [2.05, 4.69) is 40.8 Å². The fourth-order valence-electron chi connectivity index (χ4n) is 1.87. The molecule has 1 heterocycles. The number of hydrogen-bond donors (Lipinski definition) is 0. The molecule has 2 unspecified atom stereocenters. The Bertz CT molecular complexity index is 324. The van der Waals surface area contributed by atoms with Crippen molar-refractivity contribution in [3.8, 4) is 0 Å². The summed E-state index contributed by atoms with van der Waals surface area (Å²) in [5.41, 5.74) is 1.88. The van der Waals surface area contributed by atoms with E-state index in [0.717, 1.165) is 16.9 Å². The van der Waals surface area contributed by atoms with Gasteiger partial charge >= 0.3 is 0 Å². The van der Waals surface area contributed by atoms with E-state index in [4.69, 9.17) is 0 Å². The Balaban J connectivity index is 2.15. The average Bonchev–Trinajstić information content (AvgIpc) is 2.65. The summed E-state index contributed by atoms with van der Waals surface area (Å²) in [6.45, 7) is 4.68. The maximum atomic E-state index is 4.23. The molecule has 1 aromatic rings. The van der Waals surface area contributed by atoms with E-state index in [0.29, 0.717) is 5.41 Å². The predicted octanol–water partition coefficient (Wildman–Crippen LogP) is 3.43. The number of halogens is 1. The number of rotatable bonds is 2. The topological polar surface area (TPSA) is 12.9 Å². The van der Waals surface area contributed by atoms with Crippen LogP contribution in [0, 0.1) is 11.3 Å². The SMILES string of the molecule is CC1CC1(C)Cc1cccnc1Br. The molecule has 0 saturated heterocycles. The summed E-state index contributed by atoms with van der Waals surface area (Å²) in [5.74, 6) is 0.875. The molecule has 13 heavy (non-hydrogen) atoms. The molecule has 1 saturated carbocycles. The summed E-state index contributed by atoms with van der Waals surface area (Å²) in [6.07, 6.45) is 4.34. The first-order valence-corrected chi connectivity index (χ1v) is 5.50. The molecule has 1 aliphatic carbocycles. The summed E-state index contributed by atoms with van der Waals surface area (Å²) in [4.78, 5) is 4.23. The molecule has 2 rings (SSSR count). The van der Waals surface area contributed by atoms with E-state index in [1.165, 1.54) is 12.0 Å². The van der Waals surface area contributed by atoms with Gasteiger partial charge in [-0.1, -0.05) is 19.9 Å². The van der Waals surface area contributed by atoms with Crippen LogP contribution in [-0.2, 0) is 6.42 Å². The van der Waals surface area contributed by atoms with Gasteiger partial charge in [-0.15, -0.1) is 0 Å². The lowest BCUT2D eigenvalue weighted by Gasteiger charge is -2.10. The van der Waals surface area contributed by atoms with Gasteiger partial charge in [0.2, 0.25) is 0 Å². The second-order valence-corrected chi connectivity index (χ2v) is 5.14. The minimum atomic E-state index is 0.533. The normalized spacial score (nSPS) is 31.8. The molecule has 1 aliphatic rings. The number of nitrogens with zero attached hydrogens (tertiary/aromatic N) is 1. The summed E-state index contributed by atoms with van der Waals surface area (Å²) < 4.78 is 1.01. The Hall–Kier alpha value is -0.370. The zero-order chi connectivity index (χ0) is 9.47. The third kappa shape index (κ3) is 1.78. The second kappa shape index (κ2) is 3.09. The Kier molecular flexibility index (Phi) is 2.18. The molecule has 1 aromatic heterocycles. The minimum absolute atomic E-state index is 0.533. The third-order valence-electron chi connectivity index (χ3n) is 3.23. The molecule has 2 atom stereocenters. The van der Waals surface area contributed by atoms with Gasteiger partial charge in [0.05, 0.1) is 0 Å². The van der Waals surface area contributed by atoms with Gasteiger partial charge < -0.3 is 0 Å². The Morgan fingerprint density at radius 3 is 2.92 bits per heavy atom. The van der Waals surface area contributed by atoms with Crippen LogP contribution in [0.5, 0.6) is 0 Å². The molecule has 0 aromatic carbocycles. The maximum absolute atomic E-state index is 4.23. The van der Waals surface area contributed by atoms with Crippen molar-refractivity contribution in [1.29, 1.82) is 0 Å². The average molecular weight is 240 g/mol. The summed E-state index contributed by atoms with van der Waals surface area (Å²) >= 11 is 3.49. The third-order valence-corrected chi connectivity index (χ3v) is 3.95. The molecule has 1 fully saturated rings. The zero-order valence-corrected chi connectivity index (χ0v) is 9.63. The number of pyridine rings is 1. The van der Waals surface area contributed by atoms with Gasteiger partial charge in [-0.2, -0.15) is 0 Å². The van der Waals surface area contributed by atoms with E-state index in [1.807, 2.05) is 12.3 Å². The summed E-state index contributed by atoms with van der Waals surface area (Å²) in [6, 6.07) is 4.17. The molecule has 1 nitrogen and oxygen atoms in total. The highest BCUT2D eigenvalue weighted by molar-refractivity contribution is 9.10. The van der Waals surface area contributed by atoms with Gasteiger partial charge in [0.25, 0.3) is 0 Å². The van der Waals surface area contributed by atoms with Crippen LogP contribution in [0.15, 0.2) is 22.9 Å². The van der Waals surface area contributed by atoms with Crippen LogP contribution in [0.4, 0.5) is 0 Å². The van der Waals surface area contributed by atoms with E-state index < -0.39 is 0 Å². The van der Waals surface area contributed by atoms with Crippen LogP contribution in [0.3, 0.4) is 0 Å². The van der Waals surface area contributed by atoms with Gasteiger partial charge in [0, 0.05) is 6.20 Å². The van der Waals surface area contributed by atoms with Crippen molar-refractivity contribution >= 4 is 15.9 Å². The molecule has 0 N–H and O–H groups in total. The van der Waals surface area contributed by atoms with Crippen molar-refractivity contribution in [1.82, 2.24) is 4.98 Å². The highest BCUT2D eigenvalue weighted by Gasteiger charge is 2.46. The van der Waals surface area contributed by atoms with E-state index >= 15 is 0 Å². The highest BCUT2D eigenvalue weighted by Crippen LogP contribution is 2.54. The number of hydrogen-bond acceptors (Lipinski definition) is 1. The Morgan fingerprint density at radius 2 is 2.38 bits per heavy atom. The number of aromatic nitrogens is 1. The van der Waals surface area contributed by atoms with E-state index in [-0.39, 0.29) is 0 Å². The summed E-state index contributed by atoms with van der Waals surface area (Å²) in [7, 11) is 0. The smallest absolute Gasteiger partial charge is 0.109 e. The minimum Gasteiger partial charge on any atom is -0.249 e. The van der Waals surface area contributed by atoms with E-state index in [9.17, 15) is 0 Å². The van der Waals surface area contributed by atoms with Gasteiger partial charge in [-0.3, -0.25) is 0 Å². The Labute approximate surface area is 87.7 Å². The van der Waals surface area contributed by atoms with Crippen LogP contribution < -0.4 is 0 Å². The lowest BCUT2D eigenvalue weighted by Crippen LogP contribution is -2.03. The van der Waals surface area contributed by atoms with Crippen molar-refractivity contribution < 1.29 is 0 Å². The van der Waals surface area contributed by atoms with Gasteiger partial charge in [0.15, 0.2) is 0 Å². The first kappa shape index (κ1) is 9.20. The van der Waals surface area contributed by atoms with Crippen molar-refractivity contribution in [3.63, 3.8) is 0 Å². The predicted molar refractivity (Wildman–Crippen MR) is 57.5 cm³/mol. The zero-order valence-electron chi connectivity index (χ0n) is 8.05. The fraction of sp³-hybridized carbons (Fsp3) is 0.545. The molecule has 0 bridgehead atoms. The van der Waals surface area contributed by atoms with Crippen LogP contribution in [0.25, 0.3) is 0 Å². The molecular weight excluding hydrogens is 226 g/mol. The van der Waals surface area contributed by atoms with Crippen molar-refractivity contribution in [3.05, 3.63) is 28.5 Å². The van der Waals surface area contributed by atoms with E-state index in [1.54, 1.807) is 0 Å². The molecular formula is C11H14BrN. The van der Waals surface area contributed by atoms with Gasteiger partial charge in [0.1, 0.15) is 4.60 Å². The van der Waals surface area contributed by atoms with Gasteiger partial charge in [-0.25, -0.2) is 4.98 Å². The molecule has 0 amide bonds. The lowest BCUT2D eigenvalue weighted by atomic mass is 9.98. The Morgan fingerprint density at radius 1 is 1.69 bits per heavy atom. The van der Waals surface area contributed by atoms with Crippen molar-refractivity contribution in [2.75, 3.05) is 0 Å².